The van der Waals surface area contributed by atoms with E-state index in [-0.39, 0.29) is 17.2 Å². The number of nitrogens with one attached hydrogen (secondary N) is 1. The monoisotopic (exact) mass is 390 g/mol. The van der Waals surface area contributed by atoms with Crippen LogP contribution in [0.5, 0.6) is 0 Å². The zero-order valence-corrected chi connectivity index (χ0v) is 16.7. The third-order valence-electron chi connectivity index (χ3n) is 3.77. The second kappa shape index (κ2) is 8.18. The molecule has 0 radical (unpaired) electrons. The van der Waals surface area contributed by atoms with E-state index in [1.54, 1.807) is 10.8 Å². The van der Waals surface area contributed by atoms with E-state index in [0.29, 0.717) is 34.4 Å². The van der Waals surface area contributed by atoms with Crippen molar-refractivity contribution in [3.8, 4) is 0 Å². The zero-order chi connectivity index (χ0) is 18.7. The number of carbonyl (C=O) groups is 1. The fourth-order valence-corrected chi connectivity index (χ4v) is 4.49. The minimum atomic E-state index is -0.0526. The lowest BCUT2D eigenvalue weighted by Crippen LogP contribution is -2.28. The van der Waals surface area contributed by atoms with Crippen molar-refractivity contribution < 1.29 is 4.79 Å². The lowest BCUT2D eigenvalue weighted by atomic mass is 10.2. The maximum Gasteiger partial charge on any atom is 0.272 e. The van der Waals surface area contributed by atoms with Crippen LogP contribution in [0.25, 0.3) is 20.4 Å². The topological polar surface area (TPSA) is 76.9 Å². The summed E-state index contributed by atoms with van der Waals surface area (Å²) in [6.45, 7) is 7.36. The van der Waals surface area contributed by atoms with Crippen molar-refractivity contribution in [3.05, 3.63) is 28.7 Å². The number of thiophene rings is 1. The number of carbonyl (C=O) groups excluding carboxylic acids is 1. The first-order chi connectivity index (χ1) is 12.5. The molecular weight excluding hydrogens is 368 g/mol. The van der Waals surface area contributed by atoms with E-state index in [2.05, 4.69) is 24.1 Å². The Morgan fingerprint density at radius 2 is 2.23 bits per heavy atom. The molecule has 1 N–H and O–H groups in total. The van der Waals surface area contributed by atoms with Crippen LogP contribution in [0.4, 0.5) is 0 Å². The predicted molar refractivity (Wildman–Crippen MR) is 108 cm³/mol. The van der Waals surface area contributed by atoms with Crippen LogP contribution in [0.1, 0.15) is 27.2 Å². The van der Waals surface area contributed by atoms with Crippen molar-refractivity contribution in [2.75, 3.05) is 12.3 Å². The van der Waals surface area contributed by atoms with Gasteiger partial charge >= 0.3 is 0 Å². The van der Waals surface area contributed by atoms with Gasteiger partial charge in [-0.1, -0.05) is 32.5 Å². The number of thioether (sulfide) groups is 1. The molecule has 3 aromatic heterocycles. The van der Waals surface area contributed by atoms with Crippen LogP contribution < -0.4 is 10.9 Å². The summed E-state index contributed by atoms with van der Waals surface area (Å²) in [4.78, 5) is 34.9. The van der Waals surface area contributed by atoms with E-state index < -0.39 is 0 Å². The van der Waals surface area contributed by atoms with Crippen molar-refractivity contribution in [1.29, 1.82) is 0 Å². The molecule has 3 rings (SSSR count). The normalized spacial score (nSPS) is 11.5. The molecule has 0 atom stereocenters. The molecule has 3 aromatic rings. The van der Waals surface area contributed by atoms with Crippen molar-refractivity contribution in [2.45, 2.75) is 38.9 Å². The van der Waals surface area contributed by atoms with Crippen LogP contribution >= 0.6 is 23.1 Å². The lowest BCUT2D eigenvalue weighted by Gasteiger charge is -2.13. The molecule has 8 heteroatoms. The molecule has 0 saturated heterocycles. The first kappa shape index (κ1) is 18.8. The summed E-state index contributed by atoms with van der Waals surface area (Å²) in [7, 11) is 0. The number of nitrogens with zero attached hydrogens (tertiary/aromatic N) is 3. The van der Waals surface area contributed by atoms with Crippen LogP contribution in [0, 0.1) is 5.92 Å². The maximum absolute atomic E-state index is 13.1. The third-order valence-corrected chi connectivity index (χ3v) is 5.84. The van der Waals surface area contributed by atoms with Gasteiger partial charge in [0.05, 0.1) is 11.3 Å². The first-order valence-corrected chi connectivity index (χ1v) is 10.5. The third kappa shape index (κ3) is 3.91. The Labute approximate surface area is 160 Å². The Kier molecular flexibility index (Phi) is 5.93. The van der Waals surface area contributed by atoms with Gasteiger partial charge in [0.2, 0.25) is 5.91 Å². The minimum absolute atomic E-state index is 0.0425. The molecule has 3 heterocycles. The molecule has 0 spiro atoms. The Morgan fingerprint density at radius 3 is 2.96 bits per heavy atom. The van der Waals surface area contributed by atoms with Crippen molar-refractivity contribution in [1.82, 2.24) is 19.9 Å². The molecule has 0 fully saturated rings. The number of rotatable bonds is 7. The largest absolute Gasteiger partial charge is 0.355 e. The summed E-state index contributed by atoms with van der Waals surface area (Å²) in [6, 6.07) is 3.78. The van der Waals surface area contributed by atoms with E-state index in [4.69, 9.17) is 4.98 Å². The highest BCUT2D eigenvalue weighted by Gasteiger charge is 2.18. The van der Waals surface area contributed by atoms with Gasteiger partial charge in [0, 0.05) is 24.7 Å². The van der Waals surface area contributed by atoms with Gasteiger partial charge in [0.1, 0.15) is 9.53 Å². The molecule has 138 valence electrons. The number of hydrogen-bond acceptors (Lipinski definition) is 6. The summed E-state index contributed by atoms with van der Waals surface area (Å²) >= 11 is 2.69. The van der Waals surface area contributed by atoms with Gasteiger partial charge in [-0.3, -0.25) is 14.2 Å². The lowest BCUT2D eigenvalue weighted by molar-refractivity contribution is -0.118. The number of aromatic nitrogens is 3. The fraction of sp³-hybridized carbons (Fsp3) is 0.444. The molecule has 0 unspecified atom stereocenters. The second-order valence-corrected chi connectivity index (χ2v) is 8.42. The Balaban J connectivity index is 2.05. The van der Waals surface area contributed by atoms with Gasteiger partial charge in [0.15, 0.2) is 5.16 Å². The van der Waals surface area contributed by atoms with Crippen LogP contribution in [0.15, 0.2) is 28.3 Å². The van der Waals surface area contributed by atoms with Crippen molar-refractivity contribution in [2.24, 2.45) is 5.92 Å². The molecule has 1 amide bonds. The SMILES string of the molecule is CCCNC(=O)CSc1nc2c(sc3ncccc32)c(=O)n1CC(C)C. The second-order valence-electron chi connectivity index (χ2n) is 6.48. The number of pyridine rings is 1. The van der Waals surface area contributed by atoms with E-state index >= 15 is 0 Å². The van der Waals surface area contributed by atoms with Crippen molar-refractivity contribution in [3.63, 3.8) is 0 Å². The molecular formula is C18H22N4O2S2. The molecule has 0 aliphatic rings. The van der Waals surface area contributed by atoms with Gasteiger partial charge in [0.25, 0.3) is 5.56 Å². The van der Waals surface area contributed by atoms with Gasteiger partial charge in [-0.25, -0.2) is 9.97 Å². The van der Waals surface area contributed by atoms with Gasteiger partial charge < -0.3 is 5.32 Å². The van der Waals surface area contributed by atoms with E-state index in [9.17, 15) is 9.59 Å². The highest BCUT2D eigenvalue weighted by Crippen LogP contribution is 2.30. The Hall–Kier alpha value is -1.93. The summed E-state index contributed by atoms with van der Waals surface area (Å²) in [6.07, 6.45) is 2.62. The van der Waals surface area contributed by atoms with E-state index in [1.807, 2.05) is 19.1 Å². The molecule has 0 aromatic carbocycles. The van der Waals surface area contributed by atoms with Gasteiger partial charge in [-0.05, 0) is 24.5 Å². The van der Waals surface area contributed by atoms with Crippen LogP contribution in [0.2, 0.25) is 0 Å². The summed E-state index contributed by atoms with van der Waals surface area (Å²) in [5.41, 5.74) is 0.628. The average molecular weight is 391 g/mol. The highest BCUT2D eigenvalue weighted by atomic mass is 32.2. The van der Waals surface area contributed by atoms with E-state index in [1.165, 1.54) is 23.1 Å². The predicted octanol–water partition coefficient (Wildman–Crippen LogP) is 3.28. The van der Waals surface area contributed by atoms with Gasteiger partial charge in [-0.15, -0.1) is 11.3 Å². The van der Waals surface area contributed by atoms with Crippen molar-refractivity contribution >= 4 is 49.4 Å². The average Bonchev–Trinajstić information content (AvgIpc) is 2.99. The standard InChI is InChI=1S/C18H22N4O2S2/c1-4-7-19-13(23)10-25-18-21-14-12-6-5-8-20-16(12)26-15(14)17(24)22(18)9-11(2)3/h5-6,8,11H,4,7,9-10H2,1-3H3,(H,19,23). The smallest absolute Gasteiger partial charge is 0.272 e. The minimum Gasteiger partial charge on any atom is -0.355 e. The molecule has 0 aliphatic carbocycles. The number of fused-ring (bicyclic) bond motifs is 3. The van der Waals surface area contributed by atoms with E-state index in [0.717, 1.165) is 16.6 Å². The first-order valence-electron chi connectivity index (χ1n) is 8.68. The van der Waals surface area contributed by atoms with Crippen LogP contribution in [-0.2, 0) is 11.3 Å². The molecule has 0 saturated carbocycles. The molecule has 0 bridgehead atoms. The zero-order valence-electron chi connectivity index (χ0n) is 15.1. The van der Waals surface area contributed by atoms with Crippen LogP contribution in [-0.4, -0.2) is 32.7 Å². The Bertz CT molecular complexity index is 994. The molecule has 0 aliphatic heterocycles. The number of hydrogen-bond donors (Lipinski definition) is 1. The number of amides is 1. The summed E-state index contributed by atoms with van der Waals surface area (Å²) in [5, 5.41) is 4.33. The fourth-order valence-electron chi connectivity index (χ4n) is 2.62. The van der Waals surface area contributed by atoms with Gasteiger partial charge in [-0.2, -0.15) is 0 Å². The summed E-state index contributed by atoms with van der Waals surface area (Å²) in [5.74, 6) is 0.503. The summed E-state index contributed by atoms with van der Waals surface area (Å²) < 4.78 is 2.32. The molecule has 6 nitrogen and oxygen atoms in total. The highest BCUT2D eigenvalue weighted by molar-refractivity contribution is 7.99. The Morgan fingerprint density at radius 1 is 1.42 bits per heavy atom. The maximum atomic E-state index is 13.1. The molecule has 26 heavy (non-hydrogen) atoms. The quantitative estimate of drug-likeness (QED) is 0.495. The van der Waals surface area contributed by atoms with Crippen LogP contribution in [0.3, 0.4) is 0 Å².